The Labute approximate surface area is 356 Å². The standard InChI is InChI=1S/C57H40N3Si/c1-6-19-40(20-7-1)55-58-56(41-21-8-2-9-22-41)60-57(59-55)44-24-18-23-42(37-44)43-33-35-52-53(38-43)50-32-17-16-31-49(50)51-36-34-48(39-54(51)52)61(45-25-10-3-11-26-45,46-27-12-4-13-28-46)47-29-14-5-15-30-47/h1-39,61H/q-1. The minimum absolute atomic E-state index is 0.642. The van der Waals surface area contributed by atoms with Crippen molar-refractivity contribution < 1.29 is 0 Å². The molecule has 4 heteroatoms. The van der Waals surface area contributed by atoms with Gasteiger partial charge in [0.05, 0.1) is 0 Å². The van der Waals surface area contributed by atoms with E-state index in [0.717, 1.165) is 27.8 Å². The molecule has 0 bridgehead atoms. The molecule has 0 saturated carbocycles. The van der Waals surface area contributed by atoms with Crippen molar-refractivity contribution in [2.75, 3.05) is 0 Å². The van der Waals surface area contributed by atoms with Crippen LogP contribution in [0.3, 0.4) is 0 Å². The molecule has 61 heavy (non-hydrogen) atoms. The number of nitrogens with zero attached hydrogens (tertiary/aromatic N) is 3. The number of aromatic nitrogens is 3. The SMILES string of the molecule is c1ccc(-c2nc(-c3ccccc3)nc(-c3cccc(-c4ccc5c(c4)c4ccccc4c4ccc([SiH-](c6ccccc6)(c6ccccc6)c6ccccc6)cc45)c3)n2)cc1. The zero-order valence-electron chi connectivity index (χ0n) is 33.4. The Morgan fingerprint density at radius 3 is 1.11 bits per heavy atom. The van der Waals surface area contributed by atoms with E-state index in [4.69, 9.17) is 15.0 Å². The van der Waals surface area contributed by atoms with Gasteiger partial charge in [-0.3, -0.25) is 0 Å². The summed E-state index contributed by atoms with van der Waals surface area (Å²) in [5.74, 6) is 1.94. The van der Waals surface area contributed by atoms with Gasteiger partial charge in [-0.2, -0.15) is 0 Å². The molecular weight excluding hydrogens is 755 g/mol. The predicted octanol–water partition coefficient (Wildman–Crippen LogP) is 11.1. The van der Waals surface area contributed by atoms with Gasteiger partial charge in [-0.05, 0) is 0 Å². The van der Waals surface area contributed by atoms with Gasteiger partial charge < -0.3 is 0 Å². The van der Waals surface area contributed by atoms with E-state index in [2.05, 4.69) is 176 Å². The van der Waals surface area contributed by atoms with Crippen molar-refractivity contribution in [2.24, 2.45) is 0 Å². The summed E-state index contributed by atoms with van der Waals surface area (Å²) in [6.07, 6.45) is 0. The molecule has 0 atom stereocenters. The Hall–Kier alpha value is -7.79. The maximum absolute atomic E-state index is 5.03. The van der Waals surface area contributed by atoms with Gasteiger partial charge in [-0.25, -0.2) is 4.98 Å². The van der Waals surface area contributed by atoms with Crippen LogP contribution in [0.2, 0.25) is 0 Å². The van der Waals surface area contributed by atoms with Crippen LogP contribution in [0.4, 0.5) is 0 Å². The quantitative estimate of drug-likeness (QED) is 0.0874. The Bertz CT molecular complexity index is 3180. The van der Waals surface area contributed by atoms with E-state index in [1.54, 1.807) is 0 Å². The zero-order chi connectivity index (χ0) is 40.6. The summed E-state index contributed by atoms with van der Waals surface area (Å²) < 4.78 is 0. The van der Waals surface area contributed by atoms with Crippen molar-refractivity contribution in [3.8, 4) is 45.3 Å². The first-order valence-electron chi connectivity index (χ1n) is 20.9. The molecule has 10 aromatic carbocycles. The van der Waals surface area contributed by atoms with E-state index in [-0.39, 0.29) is 0 Å². The fraction of sp³-hybridized carbons (Fsp3) is 0. The van der Waals surface area contributed by atoms with Crippen LogP contribution in [0.5, 0.6) is 0 Å². The average Bonchev–Trinajstić information content (AvgIpc) is 3.35. The van der Waals surface area contributed by atoms with Crippen molar-refractivity contribution in [2.45, 2.75) is 0 Å². The van der Waals surface area contributed by atoms with E-state index < -0.39 is 8.07 Å². The molecule has 0 spiro atoms. The van der Waals surface area contributed by atoms with E-state index >= 15 is 0 Å². The monoisotopic (exact) mass is 794 g/mol. The van der Waals surface area contributed by atoms with Crippen LogP contribution in [0, 0.1) is 0 Å². The summed E-state index contributed by atoms with van der Waals surface area (Å²) >= 11 is 0. The molecule has 0 N–H and O–H groups in total. The van der Waals surface area contributed by atoms with E-state index in [0.29, 0.717) is 17.5 Å². The van der Waals surface area contributed by atoms with Gasteiger partial charge in [0, 0.05) is 11.1 Å². The second kappa shape index (κ2) is 15.4. The number of hydrogen-bond donors (Lipinski definition) is 0. The van der Waals surface area contributed by atoms with Crippen LogP contribution in [0.15, 0.2) is 237 Å². The summed E-state index contributed by atoms with van der Waals surface area (Å²) in [6.45, 7) is 0. The fourth-order valence-corrected chi connectivity index (χ4v) is 15.1. The molecular formula is C57H40N3Si-. The van der Waals surface area contributed by atoms with Crippen molar-refractivity contribution >= 4 is 61.1 Å². The van der Waals surface area contributed by atoms with Crippen molar-refractivity contribution in [1.29, 1.82) is 0 Å². The molecule has 0 radical (unpaired) electrons. The van der Waals surface area contributed by atoms with Gasteiger partial charge in [-0.1, -0.05) is 60.7 Å². The Morgan fingerprint density at radius 2 is 0.574 bits per heavy atom. The van der Waals surface area contributed by atoms with Crippen LogP contribution in [0.25, 0.3) is 77.6 Å². The Kier molecular flexibility index (Phi) is 9.18. The molecule has 0 unspecified atom stereocenters. The minimum Gasteiger partial charge on any atom is -0.0615 e. The van der Waals surface area contributed by atoms with Crippen LogP contribution in [0.1, 0.15) is 0 Å². The van der Waals surface area contributed by atoms with Crippen LogP contribution in [-0.2, 0) is 0 Å². The maximum atomic E-state index is 5.03. The number of rotatable bonds is 8. The van der Waals surface area contributed by atoms with E-state index in [9.17, 15) is 0 Å². The third-order valence-corrected chi connectivity index (χ3v) is 17.9. The molecule has 11 aromatic rings. The van der Waals surface area contributed by atoms with Crippen molar-refractivity contribution in [1.82, 2.24) is 15.0 Å². The van der Waals surface area contributed by atoms with Gasteiger partial charge in [0.25, 0.3) is 0 Å². The van der Waals surface area contributed by atoms with Gasteiger partial charge in [0.2, 0.25) is 0 Å². The smallest absolute Gasteiger partial charge is 0.0615 e. The second-order valence-electron chi connectivity index (χ2n) is 15.8. The molecule has 0 fully saturated rings. The predicted molar refractivity (Wildman–Crippen MR) is 259 cm³/mol. The molecule has 3 nitrogen and oxygen atoms in total. The molecule has 0 amide bonds. The third-order valence-electron chi connectivity index (χ3n) is 12.4. The molecule has 0 saturated heterocycles. The molecule has 0 aliphatic rings. The molecule has 1 aromatic heterocycles. The van der Waals surface area contributed by atoms with Crippen LogP contribution >= 0.6 is 0 Å². The Morgan fingerprint density at radius 1 is 0.213 bits per heavy atom. The topological polar surface area (TPSA) is 38.7 Å². The van der Waals surface area contributed by atoms with Gasteiger partial charge in [0.15, 0.2) is 11.6 Å². The van der Waals surface area contributed by atoms with E-state index in [1.807, 2.05) is 60.7 Å². The zero-order valence-corrected chi connectivity index (χ0v) is 34.6. The molecule has 288 valence electrons. The molecule has 0 aliphatic carbocycles. The van der Waals surface area contributed by atoms with Crippen LogP contribution < -0.4 is 20.7 Å². The van der Waals surface area contributed by atoms with E-state index in [1.165, 1.54) is 53.1 Å². The molecule has 1 heterocycles. The summed E-state index contributed by atoms with van der Waals surface area (Å²) in [5.41, 5.74) is 5.08. The minimum atomic E-state index is -3.18. The summed E-state index contributed by atoms with van der Waals surface area (Å²) in [7, 11) is -3.18. The third kappa shape index (κ3) is 6.42. The van der Waals surface area contributed by atoms with Gasteiger partial charge >= 0.3 is 270 Å². The van der Waals surface area contributed by atoms with Crippen LogP contribution in [-0.4, -0.2) is 23.0 Å². The van der Waals surface area contributed by atoms with Gasteiger partial charge in [-0.15, -0.1) is 0 Å². The van der Waals surface area contributed by atoms with Crippen molar-refractivity contribution in [3.63, 3.8) is 0 Å². The molecule has 0 aliphatic heterocycles. The number of hydrogen-bond acceptors (Lipinski definition) is 3. The van der Waals surface area contributed by atoms with Gasteiger partial charge in [0.1, 0.15) is 0 Å². The number of benzene rings is 10. The molecule has 11 rings (SSSR count). The summed E-state index contributed by atoms with van der Waals surface area (Å²) in [6, 6.07) is 85.7. The first-order valence-corrected chi connectivity index (χ1v) is 23.2. The number of fused-ring (bicyclic) bond motifs is 6. The second-order valence-corrected chi connectivity index (χ2v) is 20.2. The first-order chi connectivity index (χ1) is 30.2. The fourth-order valence-electron chi connectivity index (χ4n) is 9.58. The summed E-state index contributed by atoms with van der Waals surface area (Å²) in [5, 5.41) is 13.1. The average molecular weight is 795 g/mol. The summed E-state index contributed by atoms with van der Waals surface area (Å²) in [4.78, 5) is 15.0. The normalized spacial score (nSPS) is 11.9. The van der Waals surface area contributed by atoms with Crippen molar-refractivity contribution in [3.05, 3.63) is 237 Å². The first kappa shape index (κ1) is 36.3. The Balaban J connectivity index is 1.10.